The Morgan fingerprint density at radius 2 is 1.90 bits per heavy atom. The Kier molecular flexibility index (Phi) is 5.02. The van der Waals surface area contributed by atoms with E-state index in [1.807, 2.05) is 13.8 Å². The summed E-state index contributed by atoms with van der Waals surface area (Å²) in [6.45, 7) is 10.4. The highest BCUT2D eigenvalue weighted by molar-refractivity contribution is 5.98. The molecule has 0 bridgehead atoms. The van der Waals surface area contributed by atoms with Crippen molar-refractivity contribution in [3.63, 3.8) is 0 Å². The molecule has 5 nitrogen and oxygen atoms in total. The van der Waals surface area contributed by atoms with Gasteiger partial charge in [0.1, 0.15) is 10.5 Å². The van der Waals surface area contributed by atoms with Crippen LogP contribution in [0.1, 0.15) is 41.0 Å². The van der Waals surface area contributed by atoms with Crippen LogP contribution in [0.3, 0.4) is 0 Å². The first-order chi connectivity index (χ1) is 9.04. The third kappa shape index (κ3) is 3.41. The van der Waals surface area contributed by atoms with Crippen LogP contribution in [0, 0.1) is 17.3 Å². The van der Waals surface area contributed by atoms with Gasteiger partial charge in [-0.2, -0.15) is 0 Å². The smallest absolute Gasteiger partial charge is 0.307 e. The van der Waals surface area contributed by atoms with Gasteiger partial charge < -0.3 is 14.5 Å². The summed E-state index contributed by atoms with van der Waals surface area (Å²) < 4.78 is 10.5. The van der Waals surface area contributed by atoms with Gasteiger partial charge in [-0.1, -0.05) is 20.8 Å². The minimum absolute atomic E-state index is 0.00520. The van der Waals surface area contributed by atoms with Gasteiger partial charge in [0.05, 0.1) is 31.1 Å². The first kappa shape index (κ1) is 17.2. The second-order valence-corrected chi connectivity index (χ2v) is 7.48. The third-order valence-electron chi connectivity index (χ3n) is 4.25. The molecule has 0 aromatic carbocycles. The molecule has 1 N–H and O–H groups in total. The maximum atomic E-state index is 12.1. The second kappa shape index (κ2) is 5.85. The van der Waals surface area contributed by atoms with Gasteiger partial charge in [-0.15, -0.1) is 0 Å². The Bertz CT molecular complexity index is 389. The van der Waals surface area contributed by atoms with Crippen LogP contribution in [0.2, 0.25) is 0 Å². The lowest BCUT2D eigenvalue weighted by Gasteiger charge is -2.52. The van der Waals surface area contributed by atoms with Crippen LogP contribution in [0.15, 0.2) is 0 Å². The van der Waals surface area contributed by atoms with Crippen molar-refractivity contribution in [1.29, 1.82) is 0 Å². The Balaban J connectivity index is 3.01. The van der Waals surface area contributed by atoms with Gasteiger partial charge >= 0.3 is 5.97 Å². The van der Waals surface area contributed by atoms with Gasteiger partial charge in [-0.05, 0) is 19.3 Å². The first-order valence-corrected chi connectivity index (χ1v) is 7.78. The number of methoxy groups -OCH3 is 1. The fourth-order valence-corrected chi connectivity index (χ4v) is 3.67. The molecule has 0 aromatic heterocycles. The summed E-state index contributed by atoms with van der Waals surface area (Å²) in [4.78, 5) is 23.5. The molecule has 1 rings (SSSR count). The lowest BCUT2D eigenvalue weighted by atomic mass is 9.60. The highest BCUT2D eigenvalue weighted by Gasteiger charge is 2.54. The SMILES string of the molecule is COC(=O)C[C@H]1NC(=O)[C@H]1[C@H](C(C)(C)C)C(C)(C)O[SiH3]. The van der Waals surface area contributed by atoms with E-state index in [1.165, 1.54) is 7.11 Å². The molecule has 1 saturated heterocycles. The summed E-state index contributed by atoms with van der Waals surface area (Å²) in [7, 11) is 1.98. The molecule has 0 spiro atoms. The summed E-state index contributed by atoms with van der Waals surface area (Å²) >= 11 is 0. The topological polar surface area (TPSA) is 64.6 Å². The molecule has 3 atom stereocenters. The molecule has 0 radical (unpaired) electrons. The van der Waals surface area contributed by atoms with Crippen molar-refractivity contribution in [3.8, 4) is 0 Å². The van der Waals surface area contributed by atoms with Crippen LogP contribution in [0.5, 0.6) is 0 Å². The number of ether oxygens (including phenoxy) is 1. The number of carbonyl (C=O) groups is 2. The monoisotopic (exact) mass is 301 g/mol. The molecular weight excluding hydrogens is 274 g/mol. The van der Waals surface area contributed by atoms with E-state index in [9.17, 15) is 9.59 Å². The molecule has 116 valence electrons. The van der Waals surface area contributed by atoms with E-state index in [0.29, 0.717) is 10.5 Å². The maximum absolute atomic E-state index is 12.1. The highest BCUT2D eigenvalue weighted by atomic mass is 28.2. The standard InChI is InChI=1S/C14H27NO4Si/c1-13(2,3)11(14(4,5)19-20)10-8(15-12(10)17)7-9(16)18-6/h8,10-11H,7H2,1-6,20H3,(H,15,17)/t8-,10-,11-/m1/s1. The molecule has 1 aliphatic heterocycles. The van der Waals surface area contributed by atoms with E-state index < -0.39 is 0 Å². The number of amides is 1. The van der Waals surface area contributed by atoms with E-state index in [1.54, 1.807) is 0 Å². The predicted octanol–water partition coefficient (Wildman–Crippen LogP) is 0.402. The van der Waals surface area contributed by atoms with Crippen molar-refractivity contribution < 1.29 is 18.8 Å². The van der Waals surface area contributed by atoms with Crippen molar-refractivity contribution in [2.75, 3.05) is 7.11 Å². The van der Waals surface area contributed by atoms with Gasteiger partial charge in [0.25, 0.3) is 0 Å². The van der Waals surface area contributed by atoms with Crippen LogP contribution in [0.4, 0.5) is 0 Å². The van der Waals surface area contributed by atoms with E-state index in [2.05, 4.69) is 26.1 Å². The Morgan fingerprint density at radius 3 is 2.25 bits per heavy atom. The van der Waals surface area contributed by atoms with Crippen LogP contribution in [0.25, 0.3) is 0 Å². The lowest BCUT2D eigenvalue weighted by molar-refractivity contribution is -0.155. The molecular formula is C14H27NO4Si. The number of carbonyl (C=O) groups excluding carboxylic acids is 2. The molecule has 0 aliphatic carbocycles. The third-order valence-corrected chi connectivity index (χ3v) is 5.30. The van der Waals surface area contributed by atoms with E-state index in [4.69, 9.17) is 9.16 Å². The zero-order chi connectivity index (χ0) is 15.7. The van der Waals surface area contributed by atoms with Crippen molar-refractivity contribution in [1.82, 2.24) is 5.32 Å². The van der Waals surface area contributed by atoms with Crippen molar-refractivity contribution in [2.24, 2.45) is 17.3 Å². The predicted molar refractivity (Wildman–Crippen MR) is 80.1 cm³/mol. The molecule has 1 amide bonds. The van der Waals surface area contributed by atoms with Crippen molar-refractivity contribution >= 4 is 22.4 Å². The van der Waals surface area contributed by atoms with E-state index in [0.717, 1.165) is 0 Å². The van der Waals surface area contributed by atoms with Gasteiger partial charge in [0.15, 0.2) is 0 Å². The second-order valence-electron chi connectivity index (χ2n) is 7.07. The number of hydrogen-bond donors (Lipinski definition) is 1. The minimum atomic E-state index is -0.388. The average Bonchev–Trinajstić information content (AvgIpc) is 2.33. The summed E-state index contributed by atoms with van der Waals surface area (Å²) in [6, 6.07) is -0.157. The lowest BCUT2D eigenvalue weighted by Crippen LogP contribution is -2.66. The Labute approximate surface area is 124 Å². The fourth-order valence-electron chi connectivity index (χ4n) is 3.42. The van der Waals surface area contributed by atoms with Crippen LogP contribution >= 0.6 is 0 Å². The van der Waals surface area contributed by atoms with Crippen LogP contribution < -0.4 is 5.32 Å². The maximum Gasteiger partial charge on any atom is 0.307 e. The highest BCUT2D eigenvalue weighted by Crippen LogP contribution is 2.45. The molecule has 1 heterocycles. The van der Waals surface area contributed by atoms with Gasteiger partial charge in [0, 0.05) is 5.92 Å². The zero-order valence-corrected chi connectivity index (χ0v) is 15.6. The van der Waals surface area contributed by atoms with Crippen LogP contribution in [-0.2, 0) is 18.8 Å². The largest absolute Gasteiger partial charge is 0.469 e. The molecule has 0 saturated carbocycles. The number of β-lactam (4-membered cyclic amide) rings is 1. The van der Waals surface area contributed by atoms with Gasteiger partial charge in [-0.3, -0.25) is 9.59 Å². The zero-order valence-electron chi connectivity index (χ0n) is 13.6. The number of nitrogens with one attached hydrogen (secondary N) is 1. The normalized spacial score (nSPS) is 24.8. The molecule has 6 heteroatoms. The number of esters is 1. The van der Waals surface area contributed by atoms with Gasteiger partial charge in [0.2, 0.25) is 5.91 Å². The van der Waals surface area contributed by atoms with Crippen molar-refractivity contribution in [2.45, 2.75) is 52.7 Å². The minimum Gasteiger partial charge on any atom is -0.469 e. The van der Waals surface area contributed by atoms with Gasteiger partial charge in [-0.25, -0.2) is 0 Å². The fraction of sp³-hybridized carbons (Fsp3) is 0.857. The molecule has 1 fully saturated rings. The number of hydrogen-bond acceptors (Lipinski definition) is 4. The quantitative estimate of drug-likeness (QED) is 0.454. The molecule has 0 aromatic rings. The summed E-state index contributed by atoms with van der Waals surface area (Å²) in [6.07, 6.45) is 0.219. The van der Waals surface area contributed by atoms with Crippen LogP contribution in [-0.4, -0.2) is 41.1 Å². The summed E-state index contributed by atoms with van der Waals surface area (Å²) in [5.74, 6) is -0.461. The summed E-state index contributed by atoms with van der Waals surface area (Å²) in [5, 5.41) is 2.82. The number of rotatable bonds is 5. The Morgan fingerprint density at radius 1 is 1.35 bits per heavy atom. The molecule has 1 aliphatic rings. The molecule has 0 unspecified atom stereocenters. The molecule has 20 heavy (non-hydrogen) atoms. The first-order valence-electron chi connectivity index (χ1n) is 6.97. The Hall–Kier alpha value is -0.883. The summed E-state index contributed by atoms with van der Waals surface area (Å²) in [5.41, 5.74) is -0.480. The van der Waals surface area contributed by atoms with E-state index >= 15 is 0 Å². The van der Waals surface area contributed by atoms with E-state index in [-0.39, 0.29) is 47.2 Å². The van der Waals surface area contributed by atoms with Crippen molar-refractivity contribution in [3.05, 3.63) is 0 Å². The average molecular weight is 301 g/mol.